The normalized spacial score (nSPS) is 17.0. The fraction of sp³-hybridized carbons (Fsp3) is 0.308. The molecule has 0 saturated heterocycles. The zero-order valence-electron chi connectivity index (χ0n) is 28.3. The smallest absolute Gasteiger partial charge is 0.321 e. The van der Waals surface area contributed by atoms with E-state index < -0.39 is 12.1 Å². The van der Waals surface area contributed by atoms with Crippen molar-refractivity contribution in [3.63, 3.8) is 0 Å². The summed E-state index contributed by atoms with van der Waals surface area (Å²) in [5.74, 6) is 0.00283. The molecule has 0 bridgehead atoms. The van der Waals surface area contributed by atoms with E-state index in [1.807, 2.05) is 98.4 Å². The topological polar surface area (TPSA) is 116 Å². The molecule has 6 rings (SSSR count). The Morgan fingerprint density at radius 2 is 1.73 bits per heavy atom. The monoisotopic (exact) mass is 661 g/mol. The summed E-state index contributed by atoms with van der Waals surface area (Å²) in [6.07, 6.45) is 1.72. The highest BCUT2D eigenvalue weighted by atomic mass is 16.5. The van der Waals surface area contributed by atoms with Gasteiger partial charge in [0.25, 0.3) is 0 Å². The van der Waals surface area contributed by atoms with Gasteiger partial charge in [0.15, 0.2) is 0 Å². The number of nitrogens with zero attached hydrogens (tertiary/aromatic N) is 3. The molecule has 49 heavy (non-hydrogen) atoms. The van der Waals surface area contributed by atoms with Crippen molar-refractivity contribution >= 4 is 50.9 Å². The Kier molecular flexibility index (Phi) is 9.87. The lowest BCUT2D eigenvalue weighted by Gasteiger charge is -2.34. The van der Waals surface area contributed by atoms with Crippen molar-refractivity contribution in [3.8, 4) is 5.75 Å². The van der Waals surface area contributed by atoms with Gasteiger partial charge in [0.1, 0.15) is 11.9 Å². The number of ether oxygens (including phenoxy) is 1. The molecule has 5 aromatic rings. The average molecular weight is 662 g/mol. The van der Waals surface area contributed by atoms with Crippen LogP contribution in [0, 0.1) is 5.92 Å². The predicted molar refractivity (Wildman–Crippen MR) is 193 cm³/mol. The SMILES string of the molecule is C[C@H]1CN([C@@H](C)CO)C(=O)Cc2cc(NC(=O)Cc3cn(C)c4ccccc34)ccc2O[C@@H]1CN(C)C(=O)Nc1cccc2ccccc12. The number of rotatable bonds is 8. The van der Waals surface area contributed by atoms with Gasteiger partial charge in [0, 0.05) is 60.3 Å². The number of aliphatic hydroxyl groups excluding tert-OH is 1. The number of hydrogen-bond acceptors (Lipinski definition) is 5. The fourth-order valence-electron chi connectivity index (χ4n) is 6.57. The molecule has 1 aromatic heterocycles. The minimum atomic E-state index is -0.479. The third-order valence-electron chi connectivity index (χ3n) is 9.36. The van der Waals surface area contributed by atoms with Crippen LogP contribution in [-0.2, 0) is 29.5 Å². The highest BCUT2D eigenvalue weighted by molar-refractivity contribution is 6.01. The van der Waals surface area contributed by atoms with Crippen LogP contribution in [0.4, 0.5) is 16.2 Å². The number of nitrogens with one attached hydrogen (secondary N) is 2. The van der Waals surface area contributed by atoms with E-state index in [2.05, 4.69) is 10.6 Å². The van der Waals surface area contributed by atoms with Crippen LogP contribution in [0.25, 0.3) is 21.7 Å². The van der Waals surface area contributed by atoms with Crippen molar-refractivity contribution in [1.82, 2.24) is 14.4 Å². The van der Waals surface area contributed by atoms with Crippen molar-refractivity contribution in [3.05, 3.63) is 102 Å². The number of aryl methyl sites for hydroxylation is 1. The molecule has 0 saturated carbocycles. The van der Waals surface area contributed by atoms with Gasteiger partial charge in [0.05, 0.1) is 37.7 Å². The molecule has 4 amide bonds. The molecule has 0 unspecified atom stereocenters. The summed E-state index contributed by atoms with van der Waals surface area (Å²) >= 11 is 0. The number of carbonyl (C=O) groups excluding carboxylic acids is 3. The van der Waals surface area contributed by atoms with Gasteiger partial charge in [-0.25, -0.2) is 4.79 Å². The van der Waals surface area contributed by atoms with Crippen molar-refractivity contribution in [2.45, 2.75) is 38.8 Å². The largest absolute Gasteiger partial charge is 0.488 e. The van der Waals surface area contributed by atoms with Crippen LogP contribution in [-0.4, -0.2) is 76.2 Å². The number of likely N-dealkylation sites (N-methyl/N-ethyl adjacent to an activating group) is 1. The Bertz CT molecular complexity index is 2000. The number of carbonyl (C=O) groups is 3. The maximum atomic E-state index is 13.7. The van der Waals surface area contributed by atoms with E-state index in [1.54, 1.807) is 35.0 Å². The first-order valence-corrected chi connectivity index (χ1v) is 16.6. The molecule has 10 heteroatoms. The molecule has 1 aliphatic rings. The number of amides is 4. The number of aromatic nitrogens is 1. The van der Waals surface area contributed by atoms with E-state index in [9.17, 15) is 19.5 Å². The van der Waals surface area contributed by atoms with Gasteiger partial charge >= 0.3 is 6.03 Å². The Hall–Kier alpha value is -5.35. The van der Waals surface area contributed by atoms with Crippen molar-refractivity contribution in [2.75, 3.05) is 37.4 Å². The number of aliphatic hydroxyl groups is 1. The summed E-state index contributed by atoms with van der Waals surface area (Å²) in [7, 11) is 3.68. The quantitative estimate of drug-likeness (QED) is 0.194. The van der Waals surface area contributed by atoms with Crippen molar-refractivity contribution in [2.24, 2.45) is 13.0 Å². The lowest BCUT2D eigenvalue weighted by Crippen LogP contribution is -2.48. The minimum absolute atomic E-state index is 0.0313. The molecule has 254 valence electrons. The van der Waals surface area contributed by atoms with Crippen LogP contribution in [0.3, 0.4) is 0 Å². The van der Waals surface area contributed by atoms with E-state index in [4.69, 9.17) is 4.74 Å². The van der Waals surface area contributed by atoms with Gasteiger partial charge in [-0.3, -0.25) is 9.59 Å². The lowest BCUT2D eigenvalue weighted by molar-refractivity contribution is -0.134. The first-order valence-electron chi connectivity index (χ1n) is 16.6. The van der Waals surface area contributed by atoms with Gasteiger partial charge in [-0.15, -0.1) is 0 Å². The summed E-state index contributed by atoms with van der Waals surface area (Å²) in [5.41, 5.74) is 3.87. The van der Waals surface area contributed by atoms with Crippen LogP contribution in [0.2, 0.25) is 0 Å². The lowest BCUT2D eigenvalue weighted by atomic mass is 10.0. The molecule has 4 aromatic carbocycles. The molecule has 0 aliphatic carbocycles. The summed E-state index contributed by atoms with van der Waals surface area (Å²) in [6.45, 7) is 4.20. The van der Waals surface area contributed by atoms with Crippen molar-refractivity contribution < 1.29 is 24.2 Å². The average Bonchev–Trinajstić information content (AvgIpc) is 3.43. The zero-order chi connectivity index (χ0) is 34.7. The number of anilines is 2. The van der Waals surface area contributed by atoms with Gasteiger partial charge in [-0.05, 0) is 48.2 Å². The maximum absolute atomic E-state index is 13.7. The number of urea groups is 1. The second-order valence-electron chi connectivity index (χ2n) is 13.1. The maximum Gasteiger partial charge on any atom is 0.321 e. The number of fused-ring (bicyclic) bond motifs is 3. The van der Waals surface area contributed by atoms with Gasteiger partial charge in [-0.2, -0.15) is 0 Å². The molecule has 0 radical (unpaired) electrons. The minimum Gasteiger partial charge on any atom is -0.488 e. The Morgan fingerprint density at radius 1 is 1.00 bits per heavy atom. The second kappa shape index (κ2) is 14.4. The van der Waals surface area contributed by atoms with Crippen LogP contribution in [0.5, 0.6) is 5.75 Å². The van der Waals surface area contributed by atoms with E-state index in [1.165, 1.54) is 0 Å². The highest BCUT2D eigenvalue weighted by Gasteiger charge is 2.32. The molecule has 2 heterocycles. The highest BCUT2D eigenvalue weighted by Crippen LogP contribution is 2.30. The predicted octanol–water partition coefficient (Wildman–Crippen LogP) is 5.83. The number of para-hydroxylation sites is 1. The van der Waals surface area contributed by atoms with Crippen LogP contribution < -0.4 is 15.4 Å². The van der Waals surface area contributed by atoms with E-state index in [-0.39, 0.29) is 49.8 Å². The number of hydrogen-bond donors (Lipinski definition) is 3. The third-order valence-corrected chi connectivity index (χ3v) is 9.36. The Labute approximate surface area is 286 Å². The van der Waals surface area contributed by atoms with E-state index in [0.717, 1.165) is 27.2 Å². The first kappa shape index (κ1) is 33.5. The molecular formula is C39H43N5O5. The van der Waals surface area contributed by atoms with Crippen LogP contribution >= 0.6 is 0 Å². The standard InChI is InChI=1S/C39H43N5O5/c1-25-21-44(26(2)24-45)38(47)20-28-18-30(40-37(46)19-29-22-42(3)34-15-8-7-13-32(29)34)16-17-35(28)49-36(25)23-43(4)39(48)41-33-14-9-11-27-10-5-6-12-31(27)33/h5-18,22,25-26,36,45H,19-21,23-24H2,1-4H3,(H,40,46)(H,41,48)/t25-,26-,36+/m0/s1. The molecular weight excluding hydrogens is 618 g/mol. The zero-order valence-corrected chi connectivity index (χ0v) is 28.3. The third kappa shape index (κ3) is 7.39. The first-order chi connectivity index (χ1) is 23.6. The van der Waals surface area contributed by atoms with Gasteiger partial charge in [0.2, 0.25) is 11.8 Å². The molecule has 3 atom stereocenters. The van der Waals surface area contributed by atoms with Crippen LogP contribution in [0.1, 0.15) is 25.0 Å². The Balaban J connectivity index is 1.22. The molecule has 0 fully saturated rings. The summed E-state index contributed by atoms with van der Waals surface area (Å²) in [4.78, 5) is 43.6. The molecule has 1 aliphatic heterocycles. The van der Waals surface area contributed by atoms with Crippen LogP contribution in [0.15, 0.2) is 91.1 Å². The molecule has 3 N–H and O–H groups in total. The van der Waals surface area contributed by atoms with E-state index in [0.29, 0.717) is 29.2 Å². The van der Waals surface area contributed by atoms with Gasteiger partial charge in [-0.1, -0.05) is 61.5 Å². The fourth-order valence-corrected chi connectivity index (χ4v) is 6.57. The summed E-state index contributed by atoms with van der Waals surface area (Å²) in [6, 6.07) is 26.3. The molecule has 10 nitrogen and oxygen atoms in total. The molecule has 0 spiro atoms. The van der Waals surface area contributed by atoms with Gasteiger partial charge < -0.3 is 34.8 Å². The number of benzene rings is 4. The van der Waals surface area contributed by atoms with E-state index >= 15 is 0 Å². The summed E-state index contributed by atoms with van der Waals surface area (Å²) in [5, 5.41) is 19.1. The second-order valence-corrected chi connectivity index (χ2v) is 13.1. The summed E-state index contributed by atoms with van der Waals surface area (Å²) < 4.78 is 8.62. The Morgan fingerprint density at radius 3 is 2.53 bits per heavy atom. The van der Waals surface area contributed by atoms with Crippen molar-refractivity contribution in [1.29, 1.82) is 0 Å².